The predicted octanol–water partition coefficient (Wildman–Crippen LogP) is 2.58. The van der Waals surface area contributed by atoms with Crippen LogP contribution in [0.1, 0.15) is 34.5 Å². The lowest BCUT2D eigenvalue weighted by molar-refractivity contribution is -0.120. The Labute approximate surface area is 179 Å². The van der Waals surface area contributed by atoms with Crippen LogP contribution >= 0.6 is 0 Å². The highest BCUT2D eigenvalue weighted by molar-refractivity contribution is 6.02. The molecule has 8 heteroatoms. The number of hydrogen-bond donors (Lipinski definition) is 2. The summed E-state index contributed by atoms with van der Waals surface area (Å²) in [5.41, 5.74) is 3.50. The van der Waals surface area contributed by atoms with E-state index in [2.05, 4.69) is 27.1 Å². The molecule has 2 N–H and O–H groups in total. The van der Waals surface area contributed by atoms with Gasteiger partial charge in [0.2, 0.25) is 5.82 Å². The summed E-state index contributed by atoms with van der Waals surface area (Å²) in [6, 6.07) is 14.4. The van der Waals surface area contributed by atoms with E-state index in [9.17, 15) is 9.59 Å². The van der Waals surface area contributed by atoms with Gasteiger partial charge in [0.1, 0.15) is 24.2 Å². The number of nitrogens with zero attached hydrogens (tertiary/aromatic N) is 3. The minimum absolute atomic E-state index is 0.00283. The zero-order valence-corrected chi connectivity index (χ0v) is 17.4. The lowest BCUT2D eigenvalue weighted by Gasteiger charge is -2.20. The van der Waals surface area contributed by atoms with Crippen LogP contribution in [-0.4, -0.2) is 46.7 Å². The highest BCUT2D eigenvalue weighted by atomic mass is 16.5. The van der Waals surface area contributed by atoms with Crippen molar-refractivity contribution < 1.29 is 14.3 Å². The lowest BCUT2D eigenvalue weighted by Crippen LogP contribution is -2.49. The van der Waals surface area contributed by atoms with Gasteiger partial charge in [0.25, 0.3) is 11.8 Å². The monoisotopic (exact) mass is 417 g/mol. The second-order valence-electron chi connectivity index (χ2n) is 7.47. The summed E-state index contributed by atoms with van der Waals surface area (Å²) in [7, 11) is 1.65. The molecule has 0 radical (unpaired) electrons. The molecule has 0 bridgehead atoms. The first-order chi connectivity index (χ1) is 14.9. The van der Waals surface area contributed by atoms with E-state index < -0.39 is 11.9 Å². The van der Waals surface area contributed by atoms with E-state index in [4.69, 9.17) is 4.74 Å². The summed E-state index contributed by atoms with van der Waals surface area (Å²) >= 11 is 0. The molecule has 0 saturated heterocycles. The van der Waals surface area contributed by atoms with Crippen LogP contribution in [0.25, 0.3) is 5.57 Å². The Morgan fingerprint density at radius 3 is 2.81 bits per heavy atom. The molecule has 1 unspecified atom stereocenters. The molecule has 1 aromatic heterocycles. The quantitative estimate of drug-likeness (QED) is 0.665. The van der Waals surface area contributed by atoms with E-state index in [-0.39, 0.29) is 18.3 Å². The first-order valence-corrected chi connectivity index (χ1v) is 9.88. The molecule has 8 nitrogen and oxygen atoms in total. The topological polar surface area (TPSA) is 100 Å². The summed E-state index contributed by atoms with van der Waals surface area (Å²) in [6.07, 6.45) is 0.524. The second-order valence-corrected chi connectivity index (χ2v) is 7.47. The fraction of sp³-hybridized carbons (Fsp3) is 0.217. The molecule has 1 aliphatic rings. The number of rotatable bonds is 5. The summed E-state index contributed by atoms with van der Waals surface area (Å²) in [5.74, 6) is 0.287. The molecule has 0 aliphatic carbocycles. The zero-order valence-electron chi connectivity index (χ0n) is 17.4. The van der Waals surface area contributed by atoms with Crippen LogP contribution in [0.15, 0.2) is 55.1 Å². The Morgan fingerprint density at radius 1 is 1.29 bits per heavy atom. The highest BCUT2D eigenvalue weighted by Gasteiger charge is 2.31. The number of H-pyrrole nitrogens is 1. The highest BCUT2D eigenvalue weighted by Crippen LogP contribution is 2.33. The van der Waals surface area contributed by atoms with Crippen LogP contribution in [0.3, 0.4) is 0 Å². The normalized spacial score (nSPS) is 15.6. The van der Waals surface area contributed by atoms with Gasteiger partial charge in [0.05, 0.1) is 5.69 Å². The summed E-state index contributed by atoms with van der Waals surface area (Å²) in [5, 5.41) is 9.46. The molecule has 2 heterocycles. The fourth-order valence-electron chi connectivity index (χ4n) is 3.36. The van der Waals surface area contributed by atoms with Gasteiger partial charge in [-0.25, -0.2) is 4.98 Å². The molecule has 3 aromatic rings. The number of hydrogen-bond acceptors (Lipinski definition) is 5. The van der Waals surface area contributed by atoms with Gasteiger partial charge in [0, 0.05) is 13.5 Å². The van der Waals surface area contributed by atoms with Crippen molar-refractivity contribution in [2.24, 2.45) is 0 Å². The molecule has 1 aliphatic heterocycles. The first-order valence-electron chi connectivity index (χ1n) is 9.88. The van der Waals surface area contributed by atoms with Gasteiger partial charge in [0.15, 0.2) is 0 Å². The predicted molar refractivity (Wildman–Crippen MR) is 117 cm³/mol. The number of fused-ring (bicyclic) bond motifs is 1. The Balaban J connectivity index is 1.46. The van der Waals surface area contributed by atoms with Crippen molar-refractivity contribution in [1.29, 1.82) is 0 Å². The summed E-state index contributed by atoms with van der Waals surface area (Å²) < 4.78 is 5.85. The van der Waals surface area contributed by atoms with Crippen LogP contribution in [0.4, 0.5) is 5.69 Å². The van der Waals surface area contributed by atoms with Gasteiger partial charge in [-0.15, -0.1) is 5.10 Å². The molecule has 158 valence electrons. The Hall–Kier alpha value is -3.94. The van der Waals surface area contributed by atoms with Crippen LogP contribution in [-0.2, 0) is 11.2 Å². The molecule has 2 amide bonds. The van der Waals surface area contributed by atoms with Crippen LogP contribution in [0.5, 0.6) is 5.75 Å². The number of benzene rings is 2. The van der Waals surface area contributed by atoms with Crippen molar-refractivity contribution in [2.75, 3.05) is 18.6 Å². The molecule has 4 rings (SSSR count). The number of likely N-dealkylation sites (N-methyl/N-ethyl adjacent to an activating group) is 1. The molecule has 31 heavy (non-hydrogen) atoms. The van der Waals surface area contributed by atoms with E-state index in [0.717, 1.165) is 16.7 Å². The van der Waals surface area contributed by atoms with Gasteiger partial charge in [-0.1, -0.05) is 48.6 Å². The van der Waals surface area contributed by atoms with Crippen molar-refractivity contribution in [2.45, 2.75) is 19.4 Å². The second kappa shape index (κ2) is 8.43. The van der Waals surface area contributed by atoms with Gasteiger partial charge in [-0.2, -0.15) is 0 Å². The molecule has 0 saturated carbocycles. The third kappa shape index (κ3) is 4.32. The van der Waals surface area contributed by atoms with Gasteiger partial charge in [-0.05, 0) is 30.2 Å². The van der Waals surface area contributed by atoms with Crippen LogP contribution in [0, 0.1) is 0 Å². The Bertz CT molecular complexity index is 1140. The van der Waals surface area contributed by atoms with E-state index in [1.165, 1.54) is 4.90 Å². The fourth-order valence-corrected chi connectivity index (χ4v) is 3.36. The SMILES string of the molecule is C=C(C)c1ccc2c(c1)OCC(NC(=O)c1n[nH]c(Cc3ccccc3)n1)C(=O)N2C. The number of carbonyl (C=O) groups is 2. The van der Waals surface area contributed by atoms with E-state index >= 15 is 0 Å². The average molecular weight is 417 g/mol. The number of ether oxygens (including phenoxy) is 1. The standard InChI is InChI=1S/C23H23N5O3/c1-14(2)16-9-10-18-19(12-16)31-13-17(23(30)28(18)3)24-22(29)21-25-20(26-27-21)11-15-7-5-4-6-8-15/h4-10,12,17H,1,11,13H2,2-3H3,(H,24,29)(H,25,26,27). The Kier molecular flexibility index (Phi) is 5.53. The summed E-state index contributed by atoms with van der Waals surface area (Å²) in [4.78, 5) is 31.3. The van der Waals surface area contributed by atoms with E-state index in [1.807, 2.05) is 55.5 Å². The largest absolute Gasteiger partial charge is 0.489 e. The zero-order chi connectivity index (χ0) is 22.0. The number of nitrogens with one attached hydrogen (secondary N) is 2. The molecule has 0 spiro atoms. The smallest absolute Gasteiger partial charge is 0.291 e. The maximum Gasteiger partial charge on any atom is 0.291 e. The third-order valence-electron chi connectivity index (χ3n) is 5.10. The van der Waals surface area contributed by atoms with E-state index in [0.29, 0.717) is 23.7 Å². The molecular weight excluding hydrogens is 394 g/mol. The average Bonchev–Trinajstić information content (AvgIpc) is 3.20. The van der Waals surface area contributed by atoms with Crippen LogP contribution in [0.2, 0.25) is 0 Å². The van der Waals surface area contributed by atoms with Gasteiger partial charge >= 0.3 is 0 Å². The minimum atomic E-state index is -0.866. The third-order valence-corrected chi connectivity index (χ3v) is 5.10. The van der Waals surface area contributed by atoms with Crippen molar-refractivity contribution in [3.05, 3.63) is 77.9 Å². The van der Waals surface area contributed by atoms with Crippen molar-refractivity contribution in [1.82, 2.24) is 20.5 Å². The number of aromatic amines is 1. The number of amides is 2. The van der Waals surface area contributed by atoms with Gasteiger partial charge in [-0.3, -0.25) is 14.7 Å². The van der Waals surface area contributed by atoms with Crippen molar-refractivity contribution in [3.63, 3.8) is 0 Å². The molecule has 0 fully saturated rings. The van der Waals surface area contributed by atoms with Gasteiger partial charge < -0.3 is 15.0 Å². The first kappa shape index (κ1) is 20.3. The molecular formula is C23H23N5O3. The maximum absolute atomic E-state index is 12.9. The minimum Gasteiger partial charge on any atom is -0.489 e. The van der Waals surface area contributed by atoms with Crippen molar-refractivity contribution in [3.8, 4) is 5.75 Å². The summed E-state index contributed by atoms with van der Waals surface area (Å²) in [6.45, 7) is 5.84. The number of aromatic nitrogens is 3. The lowest BCUT2D eigenvalue weighted by atomic mass is 10.1. The molecule has 1 atom stereocenters. The van der Waals surface area contributed by atoms with Crippen molar-refractivity contribution >= 4 is 23.1 Å². The van der Waals surface area contributed by atoms with Crippen LogP contribution < -0.4 is 15.0 Å². The number of anilines is 1. The number of carbonyl (C=O) groups excluding carboxylic acids is 2. The maximum atomic E-state index is 12.9. The Morgan fingerprint density at radius 2 is 2.06 bits per heavy atom. The molecule has 2 aromatic carbocycles. The number of allylic oxidation sites excluding steroid dienone is 1. The van der Waals surface area contributed by atoms with E-state index in [1.54, 1.807) is 7.05 Å².